The van der Waals surface area contributed by atoms with Crippen molar-refractivity contribution in [3.63, 3.8) is 0 Å². The highest BCUT2D eigenvalue weighted by molar-refractivity contribution is 7.89. The minimum atomic E-state index is -3.17. The van der Waals surface area contributed by atoms with Crippen molar-refractivity contribution in [2.24, 2.45) is 0 Å². The van der Waals surface area contributed by atoms with Crippen molar-refractivity contribution in [1.82, 2.24) is 14.3 Å². The molecular weight excluding hydrogens is 228 g/mol. The number of anilines is 1. The number of nitrogen functional groups attached to an aromatic ring is 1. The number of rotatable bonds is 3. The first-order valence-corrected chi connectivity index (χ1v) is 6.72. The summed E-state index contributed by atoms with van der Waals surface area (Å²) >= 11 is 0. The second kappa shape index (κ2) is 3.99. The van der Waals surface area contributed by atoms with Gasteiger partial charge in [0.05, 0.1) is 18.0 Å². The fraction of sp³-hybridized carbons (Fsp3) is 0.556. The second-order valence-electron chi connectivity index (χ2n) is 3.78. The third kappa shape index (κ3) is 2.00. The summed E-state index contributed by atoms with van der Waals surface area (Å²) in [6, 6.07) is 0. The number of nitrogens with zero attached hydrogens (tertiary/aromatic N) is 3. The third-order valence-corrected chi connectivity index (χ3v) is 4.47. The largest absolute Gasteiger partial charge is 0.368 e. The molecule has 0 bridgehead atoms. The van der Waals surface area contributed by atoms with Gasteiger partial charge in [0.25, 0.3) is 0 Å². The summed E-state index contributed by atoms with van der Waals surface area (Å²) < 4.78 is 25.1. The maximum atomic E-state index is 11.8. The first-order valence-electron chi connectivity index (χ1n) is 5.11. The van der Waals surface area contributed by atoms with E-state index in [0.29, 0.717) is 25.2 Å². The molecule has 0 aliphatic carbocycles. The van der Waals surface area contributed by atoms with Crippen LogP contribution in [0.3, 0.4) is 0 Å². The molecule has 0 radical (unpaired) electrons. The molecule has 0 atom stereocenters. The van der Waals surface area contributed by atoms with Gasteiger partial charge in [-0.2, -0.15) is 4.31 Å². The van der Waals surface area contributed by atoms with Gasteiger partial charge in [-0.3, -0.25) is 0 Å². The molecule has 1 aliphatic rings. The highest BCUT2D eigenvalue weighted by Crippen LogP contribution is 2.23. The lowest BCUT2D eigenvalue weighted by Gasteiger charge is -2.13. The van der Waals surface area contributed by atoms with E-state index < -0.39 is 10.0 Å². The Labute approximate surface area is 94.6 Å². The van der Waals surface area contributed by atoms with Crippen LogP contribution < -0.4 is 5.73 Å². The number of hydrogen-bond acceptors (Lipinski definition) is 5. The molecule has 2 heterocycles. The maximum absolute atomic E-state index is 11.8. The minimum Gasteiger partial charge on any atom is -0.368 e. The van der Waals surface area contributed by atoms with Gasteiger partial charge < -0.3 is 5.73 Å². The molecule has 0 fully saturated rings. The minimum absolute atomic E-state index is 0.171. The monoisotopic (exact) mass is 242 g/mol. The SMILES string of the molecule is CCCS(=O)(=O)N1Cc2cnc(N)nc2C1. The van der Waals surface area contributed by atoms with E-state index in [0.717, 1.165) is 5.56 Å². The Hall–Kier alpha value is -1.21. The normalized spacial score (nSPS) is 16.3. The quantitative estimate of drug-likeness (QED) is 0.812. The standard InChI is InChI=1S/C9H14N4O2S/c1-2-3-16(14,15)13-5-7-4-11-9(10)12-8(7)6-13/h4H,2-3,5-6H2,1H3,(H2,10,11,12). The van der Waals surface area contributed by atoms with Crippen molar-refractivity contribution in [3.05, 3.63) is 17.5 Å². The molecular formula is C9H14N4O2S. The van der Waals surface area contributed by atoms with Crippen LogP contribution in [-0.2, 0) is 23.1 Å². The van der Waals surface area contributed by atoms with Crippen molar-refractivity contribution in [1.29, 1.82) is 0 Å². The van der Waals surface area contributed by atoms with Gasteiger partial charge in [-0.15, -0.1) is 0 Å². The Morgan fingerprint density at radius 3 is 2.94 bits per heavy atom. The number of fused-ring (bicyclic) bond motifs is 1. The summed E-state index contributed by atoms with van der Waals surface area (Å²) in [5.74, 6) is 0.359. The first kappa shape index (κ1) is 11.3. The number of nitrogens with two attached hydrogens (primary N) is 1. The summed E-state index contributed by atoms with van der Waals surface area (Å²) in [5, 5.41) is 0. The van der Waals surface area contributed by atoms with Crippen molar-refractivity contribution in [2.45, 2.75) is 26.4 Å². The van der Waals surface area contributed by atoms with E-state index in [1.165, 1.54) is 4.31 Å². The highest BCUT2D eigenvalue weighted by atomic mass is 32.2. The second-order valence-corrected chi connectivity index (χ2v) is 5.87. The van der Waals surface area contributed by atoms with Gasteiger partial charge in [0, 0.05) is 18.3 Å². The molecule has 1 aromatic heterocycles. The van der Waals surface area contributed by atoms with Gasteiger partial charge in [0.1, 0.15) is 0 Å². The fourth-order valence-corrected chi connectivity index (χ4v) is 3.15. The van der Waals surface area contributed by atoms with E-state index in [1.54, 1.807) is 6.20 Å². The Balaban J connectivity index is 2.23. The van der Waals surface area contributed by atoms with Gasteiger partial charge in [-0.05, 0) is 6.42 Å². The molecule has 2 rings (SSSR count). The zero-order valence-electron chi connectivity index (χ0n) is 9.05. The predicted molar refractivity (Wildman–Crippen MR) is 59.8 cm³/mol. The summed E-state index contributed by atoms with van der Waals surface area (Å²) in [5.41, 5.74) is 7.01. The van der Waals surface area contributed by atoms with Gasteiger partial charge in [0.15, 0.2) is 0 Å². The Bertz CT molecular complexity index is 500. The molecule has 0 unspecified atom stereocenters. The van der Waals surface area contributed by atoms with Crippen LogP contribution in [0, 0.1) is 0 Å². The topological polar surface area (TPSA) is 89.2 Å². The van der Waals surface area contributed by atoms with Crippen LogP contribution in [0.25, 0.3) is 0 Å². The van der Waals surface area contributed by atoms with Crippen molar-refractivity contribution in [2.75, 3.05) is 11.5 Å². The van der Waals surface area contributed by atoms with Crippen LogP contribution in [-0.4, -0.2) is 28.4 Å². The Kier molecular flexibility index (Phi) is 2.81. The van der Waals surface area contributed by atoms with E-state index in [1.807, 2.05) is 6.92 Å². The summed E-state index contributed by atoms with van der Waals surface area (Å²) in [6.07, 6.45) is 2.21. The van der Waals surface area contributed by atoms with E-state index in [4.69, 9.17) is 5.73 Å². The zero-order chi connectivity index (χ0) is 11.8. The molecule has 1 aromatic rings. The number of hydrogen-bond donors (Lipinski definition) is 1. The van der Waals surface area contributed by atoms with Gasteiger partial charge >= 0.3 is 0 Å². The lowest BCUT2D eigenvalue weighted by molar-refractivity contribution is 0.429. The molecule has 1 aliphatic heterocycles. The van der Waals surface area contributed by atoms with Crippen molar-refractivity contribution in [3.8, 4) is 0 Å². The van der Waals surface area contributed by atoms with Crippen LogP contribution in [0.15, 0.2) is 6.20 Å². The van der Waals surface area contributed by atoms with Crippen LogP contribution in [0.2, 0.25) is 0 Å². The lowest BCUT2D eigenvalue weighted by Crippen LogP contribution is -2.27. The summed E-state index contributed by atoms with van der Waals surface area (Å²) in [4.78, 5) is 7.90. The predicted octanol–water partition coefficient (Wildman–Crippen LogP) is 0.114. The molecule has 16 heavy (non-hydrogen) atoms. The Morgan fingerprint density at radius 2 is 2.25 bits per heavy atom. The number of sulfonamides is 1. The molecule has 7 heteroatoms. The number of aromatic nitrogens is 2. The van der Waals surface area contributed by atoms with E-state index in [9.17, 15) is 8.42 Å². The van der Waals surface area contributed by atoms with Crippen LogP contribution >= 0.6 is 0 Å². The molecule has 0 amide bonds. The van der Waals surface area contributed by atoms with Crippen LogP contribution in [0.4, 0.5) is 5.95 Å². The van der Waals surface area contributed by atoms with Crippen LogP contribution in [0.5, 0.6) is 0 Å². The average Bonchev–Trinajstić information content (AvgIpc) is 2.61. The average molecular weight is 242 g/mol. The van der Waals surface area contributed by atoms with E-state index >= 15 is 0 Å². The van der Waals surface area contributed by atoms with Crippen molar-refractivity contribution >= 4 is 16.0 Å². The molecule has 0 saturated carbocycles. The Morgan fingerprint density at radius 1 is 1.50 bits per heavy atom. The summed E-state index contributed by atoms with van der Waals surface area (Å²) in [7, 11) is -3.17. The smallest absolute Gasteiger partial charge is 0.220 e. The maximum Gasteiger partial charge on any atom is 0.220 e. The molecule has 2 N–H and O–H groups in total. The van der Waals surface area contributed by atoms with E-state index in [-0.39, 0.29) is 11.7 Å². The highest BCUT2D eigenvalue weighted by Gasteiger charge is 2.29. The van der Waals surface area contributed by atoms with Gasteiger partial charge in [-0.1, -0.05) is 6.92 Å². The molecule has 0 spiro atoms. The zero-order valence-corrected chi connectivity index (χ0v) is 9.87. The molecule has 6 nitrogen and oxygen atoms in total. The fourth-order valence-electron chi connectivity index (χ4n) is 1.72. The molecule has 88 valence electrons. The summed E-state index contributed by atoms with van der Waals surface area (Å²) in [6.45, 7) is 2.51. The van der Waals surface area contributed by atoms with Gasteiger partial charge in [0.2, 0.25) is 16.0 Å². The van der Waals surface area contributed by atoms with Gasteiger partial charge in [-0.25, -0.2) is 18.4 Å². The third-order valence-electron chi connectivity index (χ3n) is 2.50. The van der Waals surface area contributed by atoms with E-state index in [2.05, 4.69) is 9.97 Å². The van der Waals surface area contributed by atoms with Crippen LogP contribution in [0.1, 0.15) is 24.6 Å². The lowest BCUT2D eigenvalue weighted by atomic mass is 10.3. The molecule has 0 aromatic carbocycles. The van der Waals surface area contributed by atoms with Crippen molar-refractivity contribution < 1.29 is 8.42 Å². The first-order chi connectivity index (χ1) is 7.53. The molecule has 0 saturated heterocycles.